The molecule has 4 aromatic rings. The van der Waals surface area contributed by atoms with Crippen LogP contribution in [0.4, 0.5) is 16.6 Å². The normalized spacial score (nSPS) is 17.4. The molecule has 2 saturated heterocycles. The summed E-state index contributed by atoms with van der Waals surface area (Å²) in [6.07, 6.45) is 1.48. The number of hydrogen-bond donors (Lipinski definition) is 1. The molecule has 0 aliphatic carbocycles. The first kappa shape index (κ1) is 32.5. The van der Waals surface area contributed by atoms with Gasteiger partial charge >= 0.3 is 6.09 Å². The second-order valence-electron chi connectivity index (χ2n) is 12.9. The second kappa shape index (κ2) is 13.7. The van der Waals surface area contributed by atoms with E-state index < -0.39 is 0 Å². The second-order valence-corrected chi connectivity index (χ2v) is 12.9. The van der Waals surface area contributed by atoms with E-state index in [4.69, 9.17) is 19.4 Å². The summed E-state index contributed by atoms with van der Waals surface area (Å²) < 4.78 is 13.1. The number of benzene rings is 2. The Balaban J connectivity index is 1.19. The molecule has 2 aromatic heterocycles. The number of para-hydroxylation sites is 1. The summed E-state index contributed by atoms with van der Waals surface area (Å²) in [5.74, 6) is 1.79. The van der Waals surface area contributed by atoms with Gasteiger partial charge in [0, 0.05) is 65.6 Å². The molecule has 2 fully saturated rings. The minimum Gasteiger partial charge on any atom is -0.410 e. The van der Waals surface area contributed by atoms with E-state index in [1.54, 1.807) is 33.7 Å². The zero-order valence-corrected chi connectivity index (χ0v) is 28.0. The van der Waals surface area contributed by atoms with E-state index in [9.17, 15) is 9.59 Å². The summed E-state index contributed by atoms with van der Waals surface area (Å²) in [5.41, 5.74) is 2.74. The highest BCUT2D eigenvalue weighted by atomic mass is 16.6. The van der Waals surface area contributed by atoms with Crippen molar-refractivity contribution in [2.75, 3.05) is 63.7 Å². The molecule has 2 aromatic carbocycles. The third kappa shape index (κ3) is 6.68. The van der Waals surface area contributed by atoms with Gasteiger partial charge in [-0.3, -0.25) is 14.3 Å². The Morgan fingerprint density at radius 2 is 1.60 bits per heavy atom. The van der Waals surface area contributed by atoms with Crippen LogP contribution >= 0.6 is 0 Å². The summed E-state index contributed by atoms with van der Waals surface area (Å²) >= 11 is 0. The lowest BCUT2D eigenvalue weighted by Crippen LogP contribution is -2.58. The van der Waals surface area contributed by atoms with Gasteiger partial charge in [0.2, 0.25) is 5.95 Å². The number of rotatable bonds is 8. The highest BCUT2D eigenvalue weighted by Gasteiger charge is 2.42. The number of hydrogen-bond acceptors (Lipinski definition) is 9. The average Bonchev–Trinajstić information content (AvgIpc) is 3.08. The highest BCUT2D eigenvalue weighted by Crippen LogP contribution is 2.39. The monoisotopic (exact) mass is 639 g/mol. The van der Waals surface area contributed by atoms with E-state index >= 15 is 0 Å². The van der Waals surface area contributed by atoms with Gasteiger partial charge in [0.1, 0.15) is 11.6 Å². The number of fused-ring (bicyclic) bond motifs is 1. The maximum atomic E-state index is 12.8. The molecule has 6 rings (SSSR count). The van der Waals surface area contributed by atoms with Crippen molar-refractivity contribution in [3.05, 3.63) is 88.2 Å². The zero-order chi connectivity index (χ0) is 33.1. The van der Waals surface area contributed by atoms with Crippen LogP contribution in [0.15, 0.2) is 71.5 Å². The minimum absolute atomic E-state index is 0.0440. The van der Waals surface area contributed by atoms with E-state index in [2.05, 4.69) is 41.4 Å². The molecule has 47 heavy (non-hydrogen) atoms. The molecular weight excluding hydrogens is 594 g/mol. The number of carbonyl (C=O) groups excluding carboxylic acids is 1. The van der Waals surface area contributed by atoms with Crippen LogP contribution in [0.3, 0.4) is 0 Å². The molecular formula is C36H45N7O4. The van der Waals surface area contributed by atoms with Gasteiger partial charge in [-0.05, 0) is 62.9 Å². The molecule has 0 bridgehead atoms. The first-order valence-electron chi connectivity index (χ1n) is 16.5. The van der Waals surface area contributed by atoms with Gasteiger partial charge in [0.15, 0.2) is 5.65 Å². The molecule has 248 valence electrons. The topological polar surface area (TPSA) is 105 Å². The Bertz CT molecular complexity index is 1740. The van der Waals surface area contributed by atoms with Crippen LogP contribution in [-0.2, 0) is 10.3 Å². The Morgan fingerprint density at radius 3 is 2.23 bits per heavy atom. The van der Waals surface area contributed by atoms with Crippen molar-refractivity contribution < 1.29 is 14.3 Å². The third-order valence-corrected chi connectivity index (χ3v) is 9.41. The summed E-state index contributed by atoms with van der Waals surface area (Å²) in [4.78, 5) is 41.5. The van der Waals surface area contributed by atoms with E-state index in [-0.39, 0.29) is 29.3 Å². The Kier molecular flexibility index (Phi) is 9.47. The van der Waals surface area contributed by atoms with Crippen LogP contribution in [0.1, 0.15) is 56.8 Å². The van der Waals surface area contributed by atoms with Gasteiger partial charge in [-0.25, -0.2) is 4.79 Å². The molecule has 1 amide bonds. The van der Waals surface area contributed by atoms with Crippen molar-refractivity contribution in [1.29, 1.82) is 0 Å². The quantitative estimate of drug-likeness (QED) is 0.270. The zero-order valence-electron chi connectivity index (χ0n) is 28.0. The first-order valence-corrected chi connectivity index (χ1v) is 16.5. The summed E-state index contributed by atoms with van der Waals surface area (Å²) in [6, 6.07) is 21.3. The van der Waals surface area contributed by atoms with E-state index in [1.807, 2.05) is 51.0 Å². The molecule has 0 radical (unpaired) electrons. The molecule has 1 N–H and O–H groups in total. The fourth-order valence-electron chi connectivity index (χ4n) is 6.85. The largest absolute Gasteiger partial charge is 0.415 e. The van der Waals surface area contributed by atoms with Crippen LogP contribution in [0, 0.1) is 0 Å². The van der Waals surface area contributed by atoms with E-state index in [0.717, 1.165) is 42.7 Å². The van der Waals surface area contributed by atoms with Gasteiger partial charge in [-0.2, -0.15) is 9.97 Å². The summed E-state index contributed by atoms with van der Waals surface area (Å²) in [5, 5.41) is 4.33. The first-order chi connectivity index (χ1) is 22.7. The maximum Gasteiger partial charge on any atom is 0.415 e. The number of nitrogens with one attached hydrogen (secondary N) is 1. The summed E-state index contributed by atoms with van der Waals surface area (Å²) in [7, 11) is 3.89. The molecule has 11 heteroatoms. The fourth-order valence-corrected chi connectivity index (χ4v) is 6.85. The van der Waals surface area contributed by atoms with Gasteiger partial charge in [0.05, 0.1) is 17.0 Å². The van der Waals surface area contributed by atoms with Crippen molar-refractivity contribution in [2.45, 2.75) is 51.2 Å². The van der Waals surface area contributed by atoms with E-state index in [0.29, 0.717) is 43.6 Å². The SMILES string of the molecule is CC(C)n1c(=O)ccc2c(N(C)C)nc(N[C@@H](C)c3ccc(C4(N5CCN(C(=O)Oc6ccccc6)CC5)CCOCC4)cc3)nc21. The molecule has 0 unspecified atom stereocenters. The molecule has 2 aliphatic heterocycles. The predicted molar refractivity (Wildman–Crippen MR) is 184 cm³/mol. The number of anilines is 2. The maximum absolute atomic E-state index is 12.8. The number of amides is 1. The van der Waals surface area contributed by atoms with Gasteiger partial charge in [-0.1, -0.05) is 42.5 Å². The lowest BCUT2D eigenvalue weighted by molar-refractivity contribution is -0.0483. The molecule has 0 saturated carbocycles. The number of nitrogens with zero attached hydrogens (tertiary/aromatic N) is 6. The molecule has 1 atom stereocenters. The van der Waals surface area contributed by atoms with Crippen molar-refractivity contribution >= 4 is 28.9 Å². The van der Waals surface area contributed by atoms with Crippen LogP contribution < -0.4 is 20.5 Å². The molecule has 2 aliphatic rings. The number of ether oxygens (including phenoxy) is 2. The average molecular weight is 640 g/mol. The van der Waals surface area contributed by atoms with E-state index in [1.165, 1.54) is 5.56 Å². The van der Waals surface area contributed by atoms with Crippen molar-refractivity contribution in [1.82, 2.24) is 24.3 Å². The number of pyridine rings is 1. The van der Waals surface area contributed by atoms with Gasteiger partial charge < -0.3 is 24.6 Å². The number of piperazine rings is 1. The van der Waals surface area contributed by atoms with Crippen molar-refractivity contribution in [3.63, 3.8) is 0 Å². The molecule has 11 nitrogen and oxygen atoms in total. The summed E-state index contributed by atoms with van der Waals surface area (Å²) in [6.45, 7) is 10.2. The van der Waals surface area contributed by atoms with Gasteiger partial charge in [0.25, 0.3) is 5.56 Å². The predicted octanol–water partition coefficient (Wildman–Crippen LogP) is 5.43. The van der Waals surface area contributed by atoms with Crippen LogP contribution in [-0.4, -0.2) is 83.9 Å². The number of carbonyl (C=O) groups is 1. The standard InChI is InChI=1S/C36H45N7O4/c1-25(2)43-31(44)16-15-30-32(40(4)5)38-34(39-33(30)43)37-26(3)27-11-13-28(14-12-27)36(17-23-46-24-18-36)42-21-19-41(20-22-42)35(45)47-29-9-7-6-8-10-29/h6-16,25-26H,17-24H2,1-5H3,(H,37,38,39)/t26-/m0/s1. The van der Waals surface area contributed by atoms with Gasteiger partial charge in [-0.15, -0.1) is 0 Å². The lowest BCUT2D eigenvalue weighted by atomic mass is 9.80. The highest BCUT2D eigenvalue weighted by molar-refractivity contribution is 5.88. The Hall–Kier alpha value is -4.48. The van der Waals surface area contributed by atoms with Crippen molar-refractivity contribution in [3.8, 4) is 5.75 Å². The molecule has 0 spiro atoms. The van der Waals surface area contributed by atoms with Crippen LogP contribution in [0.25, 0.3) is 11.0 Å². The lowest BCUT2D eigenvalue weighted by Gasteiger charge is -2.49. The van der Waals surface area contributed by atoms with Crippen molar-refractivity contribution in [2.24, 2.45) is 0 Å². The smallest absolute Gasteiger partial charge is 0.410 e. The van der Waals surface area contributed by atoms with Crippen LogP contribution in [0.5, 0.6) is 5.75 Å². The Morgan fingerprint density at radius 1 is 0.915 bits per heavy atom. The third-order valence-electron chi connectivity index (χ3n) is 9.41. The molecule has 4 heterocycles. The van der Waals surface area contributed by atoms with Crippen LogP contribution in [0.2, 0.25) is 0 Å². The fraction of sp³-hybridized carbons (Fsp3) is 0.444. The Labute approximate surface area is 276 Å². The minimum atomic E-state index is -0.302. The number of aromatic nitrogens is 3.